The number of allylic oxidation sites excluding steroid dienone is 4. The Labute approximate surface area is 408 Å². The number of benzene rings is 1. The maximum Gasteiger partial charge on any atom is 0.329 e. The Morgan fingerprint density at radius 1 is 0.899 bits per heavy atom. The summed E-state index contributed by atoms with van der Waals surface area (Å²) in [4.78, 5) is 58.8. The maximum atomic E-state index is 14.6. The number of Topliss-reactive ketones (excluding diaryl/α,β-unsaturated/α-hetero) is 2. The van der Waals surface area contributed by atoms with Gasteiger partial charge in [-0.3, -0.25) is 14.4 Å². The molecule has 14 nitrogen and oxygen atoms in total. The summed E-state index contributed by atoms with van der Waals surface area (Å²) >= 11 is 0. The highest BCUT2D eigenvalue weighted by atomic mass is 16.7. The lowest BCUT2D eigenvalue weighted by atomic mass is 9.81. The molecule has 1 aromatic carbocycles. The third kappa shape index (κ3) is 12.0. The zero-order chi connectivity index (χ0) is 49.7. The van der Waals surface area contributed by atoms with Gasteiger partial charge in [0.25, 0.3) is 11.7 Å². The smallest absolute Gasteiger partial charge is 0.329 e. The van der Waals surface area contributed by atoms with Crippen LogP contribution in [0.5, 0.6) is 5.75 Å². The molecule has 7 rings (SSSR count). The fourth-order valence-electron chi connectivity index (χ4n) is 11.6. The lowest BCUT2D eigenvalue weighted by Crippen LogP contribution is -2.64. The average molecular weight is 959 g/mol. The number of aromatic nitrogens is 1. The van der Waals surface area contributed by atoms with Crippen molar-refractivity contribution in [3.63, 3.8) is 0 Å². The van der Waals surface area contributed by atoms with Gasteiger partial charge in [0.1, 0.15) is 35.9 Å². The standard InChI is InChI=1S/C55H78N2O12/c1-10-13-39-25-32(2)24-33(3)26-48(65-8)51-49(66-9)28-35(5)55(63,69-51)52(60)53(61)57-22-12-11-14-43(57)54(62)68-50(36(6)44(58)31-45(39)59)34(4)27-37-15-20-46(47(29-37)64-7)67-41-18-19-42-38(30-41)21-23-56(42)40-16-17-40/h10,18-19,21,23,25,27,30,33,35-37,39-40,43-44,46-51,58,63H,1,11-17,20,22,24,26,28-29,31H2,2-9H3. The number of nitrogens with zero attached hydrogens (tertiary/aromatic N) is 2. The molecule has 2 aromatic rings. The van der Waals surface area contributed by atoms with Crippen LogP contribution in [0.3, 0.4) is 0 Å². The second kappa shape index (κ2) is 22.9. The fourth-order valence-corrected chi connectivity index (χ4v) is 11.6. The summed E-state index contributed by atoms with van der Waals surface area (Å²) in [7, 11) is 4.76. The van der Waals surface area contributed by atoms with Crippen LogP contribution in [0.25, 0.3) is 10.9 Å². The van der Waals surface area contributed by atoms with Crippen molar-refractivity contribution in [1.82, 2.24) is 9.47 Å². The Kier molecular flexibility index (Phi) is 17.5. The van der Waals surface area contributed by atoms with Gasteiger partial charge in [-0.2, -0.15) is 0 Å². The first-order valence-corrected chi connectivity index (χ1v) is 25.5. The van der Waals surface area contributed by atoms with Crippen molar-refractivity contribution in [2.24, 2.45) is 29.6 Å². The first kappa shape index (κ1) is 52.6. The van der Waals surface area contributed by atoms with Crippen molar-refractivity contribution in [1.29, 1.82) is 0 Å². The Hall–Kier alpha value is -4.18. The quantitative estimate of drug-likeness (QED) is 0.134. The Morgan fingerprint density at radius 2 is 1.62 bits per heavy atom. The number of carbonyl (C=O) groups excluding carboxylic acids is 4. The van der Waals surface area contributed by atoms with Crippen molar-refractivity contribution in [3.05, 3.63) is 66.4 Å². The van der Waals surface area contributed by atoms with E-state index in [0.717, 1.165) is 23.1 Å². The lowest BCUT2D eigenvalue weighted by Gasteiger charge is -2.47. The molecule has 69 heavy (non-hydrogen) atoms. The van der Waals surface area contributed by atoms with Crippen LogP contribution in [0, 0.1) is 29.6 Å². The first-order chi connectivity index (χ1) is 33.0. The number of piperidine rings is 1. The molecule has 14 unspecified atom stereocenters. The van der Waals surface area contributed by atoms with Gasteiger partial charge in [-0.1, -0.05) is 44.6 Å². The van der Waals surface area contributed by atoms with E-state index >= 15 is 0 Å². The molecule has 0 spiro atoms. The molecule has 14 heteroatoms. The molecule has 2 aliphatic carbocycles. The van der Waals surface area contributed by atoms with Gasteiger partial charge < -0.3 is 48.1 Å². The minimum atomic E-state index is -2.52. The summed E-state index contributed by atoms with van der Waals surface area (Å²) in [6.45, 7) is 13.3. The van der Waals surface area contributed by atoms with Gasteiger partial charge >= 0.3 is 5.97 Å². The normalized spacial score (nSPS) is 36.3. The minimum Gasteiger partial charge on any atom is -0.488 e. The Morgan fingerprint density at radius 3 is 2.32 bits per heavy atom. The fraction of sp³-hybridized carbons (Fsp3) is 0.673. The number of ether oxygens (including phenoxy) is 6. The molecule has 1 aromatic heterocycles. The Balaban J connectivity index is 1.17. The van der Waals surface area contributed by atoms with Crippen LogP contribution in [-0.4, -0.2) is 126 Å². The number of rotatable bonds is 10. The summed E-state index contributed by atoms with van der Waals surface area (Å²) in [6.07, 6.45) is 10.5. The summed E-state index contributed by atoms with van der Waals surface area (Å²) in [5.41, 5.74) is 2.86. The van der Waals surface area contributed by atoms with E-state index in [1.807, 2.05) is 26.0 Å². The molecule has 4 fully saturated rings. The van der Waals surface area contributed by atoms with E-state index < -0.39 is 77.8 Å². The zero-order valence-corrected chi connectivity index (χ0v) is 42.2. The predicted octanol–water partition coefficient (Wildman–Crippen LogP) is 8.02. The van der Waals surface area contributed by atoms with Gasteiger partial charge in [0.15, 0.2) is 0 Å². The first-order valence-electron chi connectivity index (χ1n) is 25.5. The third-order valence-electron chi connectivity index (χ3n) is 15.8. The van der Waals surface area contributed by atoms with Gasteiger partial charge in [0, 0.05) is 75.2 Å². The molecule has 0 radical (unpaired) electrons. The summed E-state index contributed by atoms with van der Waals surface area (Å²) in [6, 6.07) is 7.83. The minimum absolute atomic E-state index is 0.00571. The van der Waals surface area contributed by atoms with Crippen LogP contribution in [0.2, 0.25) is 0 Å². The van der Waals surface area contributed by atoms with Crippen molar-refractivity contribution in [2.75, 3.05) is 27.9 Å². The van der Waals surface area contributed by atoms with Crippen LogP contribution in [0.1, 0.15) is 124 Å². The number of carbonyl (C=O) groups is 4. The number of aliphatic hydroxyl groups is 2. The summed E-state index contributed by atoms with van der Waals surface area (Å²) < 4.78 is 39.5. The van der Waals surface area contributed by atoms with Gasteiger partial charge in [0.2, 0.25) is 5.79 Å². The molecular formula is C55H78N2O12. The number of amides is 1. The van der Waals surface area contributed by atoms with Crippen molar-refractivity contribution >= 4 is 34.3 Å². The number of esters is 1. The zero-order valence-electron chi connectivity index (χ0n) is 42.2. The molecule has 5 aliphatic rings. The van der Waals surface area contributed by atoms with E-state index in [9.17, 15) is 29.4 Å². The molecule has 14 atom stereocenters. The average Bonchev–Trinajstić information content (AvgIpc) is 4.10. The molecule has 2 saturated heterocycles. The van der Waals surface area contributed by atoms with Crippen molar-refractivity contribution < 1.29 is 57.8 Å². The summed E-state index contributed by atoms with van der Waals surface area (Å²) in [5, 5.41) is 25.3. The highest BCUT2D eigenvalue weighted by Crippen LogP contribution is 2.41. The molecule has 4 heterocycles. The molecule has 2 bridgehead atoms. The molecule has 2 saturated carbocycles. The largest absolute Gasteiger partial charge is 0.488 e. The number of hydrogen-bond acceptors (Lipinski definition) is 12. The van der Waals surface area contributed by atoms with E-state index in [-0.39, 0.29) is 55.6 Å². The number of aliphatic hydroxyl groups excluding tert-OH is 1. The van der Waals surface area contributed by atoms with Gasteiger partial charge in [-0.05, 0) is 133 Å². The van der Waals surface area contributed by atoms with Crippen molar-refractivity contribution in [3.8, 4) is 5.75 Å². The number of methoxy groups -OCH3 is 3. The third-order valence-corrected chi connectivity index (χ3v) is 15.8. The van der Waals surface area contributed by atoms with Gasteiger partial charge in [0.05, 0.1) is 24.4 Å². The van der Waals surface area contributed by atoms with E-state index in [0.29, 0.717) is 56.6 Å². The highest BCUT2D eigenvalue weighted by Gasteiger charge is 2.56. The van der Waals surface area contributed by atoms with Gasteiger partial charge in [-0.15, -0.1) is 6.58 Å². The van der Waals surface area contributed by atoms with E-state index in [2.05, 4.69) is 48.5 Å². The maximum absolute atomic E-state index is 14.6. The number of cyclic esters (lactones) is 1. The lowest BCUT2D eigenvalue weighted by molar-refractivity contribution is -0.302. The SMILES string of the molecule is C=CCC1C=C(C)CC(C)CC(OC)C2OC(O)(C(=O)C(=O)N3CCCCC3C(=O)OC(C(C)=CC3CCC(Oc4ccc5c(ccn5C5CC5)c4)C(OC)C3)C(C)C(O)CC1=O)C(C)CC2OC. The Bertz CT molecular complexity index is 2210. The molecular weight excluding hydrogens is 881 g/mol. The molecule has 3 aliphatic heterocycles. The van der Waals surface area contributed by atoms with Crippen molar-refractivity contribution in [2.45, 2.75) is 179 Å². The topological polar surface area (TPSA) is 172 Å². The van der Waals surface area contributed by atoms with Crippen LogP contribution in [0.4, 0.5) is 0 Å². The molecule has 380 valence electrons. The second-order valence-corrected chi connectivity index (χ2v) is 21.0. The van der Waals surface area contributed by atoms with Gasteiger partial charge in [-0.25, -0.2) is 4.79 Å². The predicted molar refractivity (Wildman–Crippen MR) is 261 cm³/mol. The van der Waals surface area contributed by atoms with E-state index in [1.165, 1.54) is 37.5 Å². The van der Waals surface area contributed by atoms with Crippen LogP contribution in [-0.2, 0) is 42.9 Å². The molecule has 1 amide bonds. The molecule has 2 N–H and O–H groups in total. The summed E-state index contributed by atoms with van der Waals surface area (Å²) in [5.74, 6) is -6.93. The number of ketones is 2. The van der Waals surface area contributed by atoms with Crippen LogP contribution in [0.15, 0.2) is 66.4 Å². The number of hydrogen-bond donors (Lipinski definition) is 2. The monoisotopic (exact) mass is 959 g/mol. The van der Waals surface area contributed by atoms with Crippen LogP contribution >= 0.6 is 0 Å². The number of fused-ring (bicyclic) bond motifs is 4. The van der Waals surface area contributed by atoms with Crippen LogP contribution < -0.4 is 4.74 Å². The highest BCUT2D eigenvalue weighted by molar-refractivity contribution is 6.39. The second-order valence-electron chi connectivity index (χ2n) is 21.0. The van der Waals surface area contributed by atoms with E-state index in [1.54, 1.807) is 27.0 Å². The van der Waals surface area contributed by atoms with E-state index in [4.69, 9.17) is 28.4 Å².